The summed E-state index contributed by atoms with van der Waals surface area (Å²) < 4.78 is 1.45. The standard InChI is InChI=1S/C13H19I/c1-6-10-7-9(2)8-11(12(10)14)13(3,4)5/h7-8H,6H2,1-5H3. The molecule has 0 amide bonds. The van der Waals surface area contributed by atoms with Crippen LogP contribution in [0.15, 0.2) is 12.1 Å². The largest absolute Gasteiger partial charge is 0.0613 e. The topological polar surface area (TPSA) is 0 Å². The highest BCUT2D eigenvalue weighted by molar-refractivity contribution is 14.1. The third kappa shape index (κ3) is 2.50. The third-order valence-electron chi connectivity index (χ3n) is 2.48. The van der Waals surface area contributed by atoms with Crippen molar-refractivity contribution in [2.24, 2.45) is 0 Å². The van der Waals surface area contributed by atoms with Gasteiger partial charge in [-0.1, -0.05) is 45.4 Å². The summed E-state index contributed by atoms with van der Waals surface area (Å²) in [4.78, 5) is 0. The van der Waals surface area contributed by atoms with Crippen molar-refractivity contribution in [1.82, 2.24) is 0 Å². The lowest BCUT2D eigenvalue weighted by Gasteiger charge is -2.23. The van der Waals surface area contributed by atoms with Crippen LogP contribution in [0.4, 0.5) is 0 Å². The molecule has 14 heavy (non-hydrogen) atoms. The van der Waals surface area contributed by atoms with Gasteiger partial charge in [-0.3, -0.25) is 0 Å². The molecule has 0 aliphatic rings. The van der Waals surface area contributed by atoms with E-state index in [1.807, 2.05) is 0 Å². The highest BCUT2D eigenvalue weighted by Gasteiger charge is 2.18. The van der Waals surface area contributed by atoms with E-state index in [4.69, 9.17) is 0 Å². The summed E-state index contributed by atoms with van der Waals surface area (Å²) in [5.74, 6) is 0. The molecule has 1 rings (SSSR count). The average molecular weight is 302 g/mol. The first-order valence-corrected chi connectivity index (χ1v) is 6.23. The summed E-state index contributed by atoms with van der Waals surface area (Å²) >= 11 is 2.48. The molecule has 0 unspecified atom stereocenters. The van der Waals surface area contributed by atoms with Gasteiger partial charge in [-0.2, -0.15) is 0 Å². The van der Waals surface area contributed by atoms with Crippen LogP contribution in [0.1, 0.15) is 44.4 Å². The van der Waals surface area contributed by atoms with Gasteiger partial charge in [0.05, 0.1) is 0 Å². The summed E-state index contributed by atoms with van der Waals surface area (Å²) in [5.41, 5.74) is 4.60. The highest BCUT2D eigenvalue weighted by atomic mass is 127. The zero-order chi connectivity index (χ0) is 10.9. The summed E-state index contributed by atoms with van der Waals surface area (Å²) in [5, 5.41) is 0. The van der Waals surface area contributed by atoms with Crippen molar-refractivity contribution in [3.05, 3.63) is 32.4 Å². The molecule has 0 aliphatic heterocycles. The lowest BCUT2D eigenvalue weighted by atomic mass is 9.85. The molecule has 0 radical (unpaired) electrons. The van der Waals surface area contributed by atoms with Gasteiger partial charge in [0.1, 0.15) is 0 Å². The van der Waals surface area contributed by atoms with Crippen LogP contribution in [-0.2, 0) is 11.8 Å². The molecular weight excluding hydrogens is 283 g/mol. The van der Waals surface area contributed by atoms with Crippen LogP contribution in [0, 0.1) is 10.5 Å². The van der Waals surface area contributed by atoms with Crippen molar-refractivity contribution < 1.29 is 0 Å². The van der Waals surface area contributed by atoms with Gasteiger partial charge in [0.15, 0.2) is 0 Å². The lowest BCUT2D eigenvalue weighted by Crippen LogP contribution is -2.14. The molecular formula is C13H19I. The minimum Gasteiger partial charge on any atom is -0.0613 e. The second-order valence-corrected chi connectivity index (χ2v) is 5.97. The van der Waals surface area contributed by atoms with Crippen molar-refractivity contribution in [3.63, 3.8) is 0 Å². The van der Waals surface area contributed by atoms with E-state index in [2.05, 4.69) is 69.3 Å². The Kier molecular flexibility index (Phi) is 3.62. The first-order chi connectivity index (χ1) is 6.36. The molecule has 0 fully saturated rings. The molecule has 0 aliphatic carbocycles. The molecule has 0 bridgehead atoms. The van der Waals surface area contributed by atoms with Gasteiger partial charge in [0, 0.05) is 3.57 Å². The molecule has 0 heterocycles. The second-order valence-electron chi connectivity index (χ2n) is 4.89. The predicted octanol–water partition coefficient (Wildman–Crippen LogP) is 4.46. The van der Waals surface area contributed by atoms with E-state index in [1.54, 1.807) is 0 Å². The van der Waals surface area contributed by atoms with Gasteiger partial charge in [0.25, 0.3) is 0 Å². The van der Waals surface area contributed by atoms with Crippen molar-refractivity contribution in [2.75, 3.05) is 0 Å². The van der Waals surface area contributed by atoms with Gasteiger partial charge >= 0.3 is 0 Å². The number of hydrogen-bond acceptors (Lipinski definition) is 0. The van der Waals surface area contributed by atoms with Crippen LogP contribution in [-0.4, -0.2) is 0 Å². The van der Waals surface area contributed by atoms with Crippen LogP contribution in [0.25, 0.3) is 0 Å². The van der Waals surface area contributed by atoms with Crippen LogP contribution in [0.3, 0.4) is 0 Å². The second kappa shape index (κ2) is 4.21. The van der Waals surface area contributed by atoms with Gasteiger partial charge in [-0.05, 0) is 52.5 Å². The minimum absolute atomic E-state index is 0.256. The molecule has 0 saturated heterocycles. The number of hydrogen-bond donors (Lipinski definition) is 0. The molecule has 0 spiro atoms. The Balaban J connectivity index is 3.37. The summed E-state index contributed by atoms with van der Waals surface area (Å²) in [6.07, 6.45) is 1.13. The average Bonchev–Trinajstić information content (AvgIpc) is 2.06. The van der Waals surface area contributed by atoms with E-state index in [0.717, 1.165) is 6.42 Å². The smallest absolute Gasteiger partial charge is 0.0199 e. The first-order valence-electron chi connectivity index (χ1n) is 5.15. The molecule has 0 nitrogen and oxygen atoms in total. The minimum atomic E-state index is 0.256. The van der Waals surface area contributed by atoms with Crippen molar-refractivity contribution in [3.8, 4) is 0 Å². The van der Waals surface area contributed by atoms with Gasteiger partial charge in [0.2, 0.25) is 0 Å². The molecule has 78 valence electrons. The Bertz CT molecular complexity index is 332. The number of benzene rings is 1. The normalized spacial score (nSPS) is 11.9. The summed E-state index contributed by atoms with van der Waals surface area (Å²) in [6, 6.07) is 4.62. The lowest BCUT2D eigenvalue weighted by molar-refractivity contribution is 0.585. The van der Waals surface area contributed by atoms with Gasteiger partial charge in [-0.25, -0.2) is 0 Å². The highest BCUT2D eigenvalue weighted by Crippen LogP contribution is 2.30. The zero-order valence-electron chi connectivity index (χ0n) is 9.74. The van der Waals surface area contributed by atoms with Crippen molar-refractivity contribution in [1.29, 1.82) is 0 Å². The van der Waals surface area contributed by atoms with E-state index in [-0.39, 0.29) is 5.41 Å². The maximum absolute atomic E-state index is 2.48. The molecule has 1 heteroatoms. The fourth-order valence-electron chi connectivity index (χ4n) is 1.65. The maximum atomic E-state index is 2.48. The summed E-state index contributed by atoms with van der Waals surface area (Å²) in [6.45, 7) is 11.3. The van der Waals surface area contributed by atoms with E-state index in [9.17, 15) is 0 Å². The Hall–Kier alpha value is -0.0500. The van der Waals surface area contributed by atoms with Crippen LogP contribution in [0.5, 0.6) is 0 Å². The van der Waals surface area contributed by atoms with Crippen molar-refractivity contribution >= 4 is 22.6 Å². The summed E-state index contributed by atoms with van der Waals surface area (Å²) in [7, 11) is 0. The van der Waals surface area contributed by atoms with Crippen molar-refractivity contribution in [2.45, 2.75) is 46.5 Å². The van der Waals surface area contributed by atoms with Crippen LogP contribution in [0.2, 0.25) is 0 Å². The van der Waals surface area contributed by atoms with E-state index in [0.29, 0.717) is 0 Å². The quantitative estimate of drug-likeness (QED) is 0.672. The molecule has 0 aromatic heterocycles. The Labute approximate surface area is 101 Å². The number of rotatable bonds is 1. The monoisotopic (exact) mass is 302 g/mol. The van der Waals surface area contributed by atoms with Crippen LogP contribution >= 0.6 is 22.6 Å². The van der Waals surface area contributed by atoms with Crippen LogP contribution < -0.4 is 0 Å². The molecule has 0 N–H and O–H groups in total. The van der Waals surface area contributed by atoms with E-state index >= 15 is 0 Å². The SMILES string of the molecule is CCc1cc(C)cc(C(C)(C)C)c1I. The fraction of sp³-hybridized carbons (Fsp3) is 0.538. The fourth-order valence-corrected chi connectivity index (χ4v) is 3.15. The Morgan fingerprint density at radius 1 is 1.21 bits per heavy atom. The van der Waals surface area contributed by atoms with E-state index in [1.165, 1.54) is 20.3 Å². The number of halogens is 1. The Morgan fingerprint density at radius 2 is 1.79 bits per heavy atom. The maximum Gasteiger partial charge on any atom is 0.0199 e. The molecule has 0 saturated carbocycles. The van der Waals surface area contributed by atoms with Gasteiger partial charge < -0.3 is 0 Å². The zero-order valence-corrected chi connectivity index (χ0v) is 11.9. The predicted molar refractivity (Wildman–Crippen MR) is 72.0 cm³/mol. The third-order valence-corrected chi connectivity index (χ3v) is 3.76. The van der Waals surface area contributed by atoms with E-state index < -0.39 is 0 Å². The Morgan fingerprint density at radius 3 is 2.21 bits per heavy atom. The molecule has 1 aromatic carbocycles. The molecule has 0 atom stereocenters. The van der Waals surface area contributed by atoms with Gasteiger partial charge in [-0.15, -0.1) is 0 Å². The first kappa shape index (κ1) is 12.0. The molecule has 1 aromatic rings. The number of aryl methyl sites for hydroxylation is 2.